The van der Waals surface area contributed by atoms with E-state index in [1.807, 2.05) is 0 Å². The minimum atomic E-state index is -0.0980. The Hall–Kier alpha value is 0.170. The molecule has 2 aliphatic heterocycles. The molecule has 2 aliphatic rings. The highest BCUT2D eigenvalue weighted by molar-refractivity contribution is 5.85. The number of hydrogen-bond acceptors (Lipinski definition) is 3. The molecular formula is C13H27ClN2O. The molecule has 0 amide bonds. The van der Waals surface area contributed by atoms with Crippen LogP contribution in [0.4, 0.5) is 0 Å². The Balaban J connectivity index is 0.00000144. The van der Waals surface area contributed by atoms with E-state index in [9.17, 15) is 0 Å². The number of rotatable bonds is 2. The lowest BCUT2D eigenvalue weighted by Gasteiger charge is -2.44. The second kappa shape index (κ2) is 5.87. The Morgan fingerprint density at radius 1 is 1.29 bits per heavy atom. The molecule has 0 saturated carbocycles. The van der Waals surface area contributed by atoms with Gasteiger partial charge in [-0.15, -0.1) is 12.4 Å². The van der Waals surface area contributed by atoms with Gasteiger partial charge in [-0.2, -0.15) is 0 Å². The van der Waals surface area contributed by atoms with E-state index in [1.165, 1.54) is 19.4 Å². The quantitative estimate of drug-likeness (QED) is 0.800. The first kappa shape index (κ1) is 15.2. The van der Waals surface area contributed by atoms with Gasteiger partial charge in [0.25, 0.3) is 0 Å². The Morgan fingerprint density at radius 2 is 2.06 bits per heavy atom. The van der Waals surface area contributed by atoms with Crippen LogP contribution in [0.15, 0.2) is 0 Å². The van der Waals surface area contributed by atoms with Crippen molar-refractivity contribution < 1.29 is 4.74 Å². The molecule has 0 aromatic rings. The molecule has 0 radical (unpaired) electrons. The van der Waals surface area contributed by atoms with Crippen molar-refractivity contribution in [2.75, 3.05) is 26.2 Å². The zero-order valence-electron chi connectivity index (χ0n) is 11.3. The molecule has 0 aromatic heterocycles. The minimum Gasteiger partial charge on any atom is -0.360 e. The van der Waals surface area contributed by atoms with Gasteiger partial charge < -0.3 is 10.1 Å². The van der Waals surface area contributed by atoms with Gasteiger partial charge in [-0.25, -0.2) is 0 Å². The largest absolute Gasteiger partial charge is 0.360 e. The lowest BCUT2D eigenvalue weighted by molar-refractivity contribution is -0.137. The summed E-state index contributed by atoms with van der Waals surface area (Å²) < 4.78 is 6.04. The summed E-state index contributed by atoms with van der Waals surface area (Å²) in [5, 5.41) is 7.06. The van der Waals surface area contributed by atoms with Crippen molar-refractivity contribution in [1.29, 1.82) is 0 Å². The summed E-state index contributed by atoms with van der Waals surface area (Å²) in [7, 11) is 0. The monoisotopic (exact) mass is 262 g/mol. The molecule has 2 N–H and O–H groups in total. The van der Waals surface area contributed by atoms with E-state index in [1.54, 1.807) is 0 Å². The zero-order valence-corrected chi connectivity index (χ0v) is 12.2. The van der Waals surface area contributed by atoms with Gasteiger partial charge in [0.05, 0.1) is 6.61 Å². The number of nitrogens with one attached hydrogen (secondary N) is 2. The highest BCUT2D eigenvalue weighted by Crippen LogP contribution is 2.30. The van der Waals surface area contributed by atoms with Crippen molar-refractivity contribution in [2.45, 2.75) is 45.8 Å². The van der Waals surface area contributed by atoms with Crippen LogP contribution in [0.2, 0.25) is 0 Å². The van der Waals surface area contributed by atoms with Crippen molar-refractivity contribution in [2.24, 2.45) is 11.3 Å². The van der Waals surface area contributed by atoms with E-state index in [0.717, 1.165) is 32.0 Å². The maximum absolute atomic E-state index is 6.04. The molecule has 0 aliphatic carbocycles. The number of piperidine rings is 1. The van der Waals surface area contributed by atoms with Crippen LogP contribution < -0.4 is 10.6 Å². The Morgan fingerprint density at radius 3 is 2.59 bits per heavy atom. The molecule has 3 nitrogen and oxygen atoms in total. The molecule has 2 unspecified atom stereocenters. The van der Waals surface area contributed by atoms with Crippen LogP contribution in [0.25, 0.3) is 0 Å². The van der Waals surface area contributed by atoms with Gasteiger partial charge in [-0.3, -0.25) is 5.32 Å². The van der Waals surface area contributed by atoms with Gasteiger partial charge in [-0.1, -0.05) is 13.8 Å². The summed E-state index contributed by atoms with van der Waals surface area (Å²) in [4.78, 5) is 0. The zero-order chi connectivity index (χ0) is 11.6. The normalized spacial score (nSPS) is 37.2. The minimum absolute atomic E-state index is 0. The Kier molecular flexibility index (Phi) is 5.26. The Labute approximate surface area is 111 Å². The molecule has 0 aromatic carbocycles. The number of hydrogen-bond donors (Lipinski definition) is 2. The van der Waals surface area contributed by atoms with E-state index in [4.69, 9.17) is 4.74 Å². The van der Waals surface area contributed by atoms with Gasteiger partial charge in [-0.05, 0) is 45.2 Å². The van der Waals surface area contributed by atoms with E-state index < -0.39 is 0 Å². The smallest absolute Gasteiger partial charge is 0.116 e. The average molecular weight is 263 g/mol. The summed E-state index contributed by atoms with van der Waals surface area (Å²) >= 11 is 0. The van der Waals surface area contributed by atoms with Crippen molar-refractivity contribution in [3.05, 3.63) is 0 Å². The van der Waals surface area contributed by atoms with Crippen molar-refractivity contribution >= 4 is 12.4 Å². The second-order valence-electron chi connectivity index (χ2n) is 6.45. The summed E-state index contributed by atoms with van der Waals surface area (Å²) in [6.45, 7) is 11.0. The average Bonchev–Trinajstić information content (AvgIpc) is 2.25. The standard InChI is InChI=1S/C13H26N2O.ClH/c1-12(2)9-15-13(3,16-10-12)7-11-5-4-6-14-8-11;/h11,14-15H,4-10H2,1-3H3;1H. The highest BCUT2D eigenvalue weighted by Gasteiger charge is 2.36. The molecule has 2 rings (SSSR count). The fourth-order valence-corrected chi connectivity index (χ4v) is 2.66. The van der Waals surface area contributed by atoms with E-state index in [0.29, 0.717) is 0 Å². The van der Waals surface area contributed by atoms with Crippen LogP contribution in [0.1, 0.15) is 40.0 Å². The van der Waals surface area contributed by atoms with Crippen LogP contribution in [-0.2, 0) is 4.74 Å². The maximum Gasteiger partial charge on any atom is 0.116 e. The van der Waals surface area contributed by atoms with Gasteiger partial charge in [0, 0.05) is 12.0 Å². The maximum atomic E-state index is 6.04. The fourth-order valence-electron chi connectivity index (χ4n) is 2.66. The van der Waals surface area contributed by atoms with Gasteiger partial charge in [0.1, 0.15) is 5.72 Å². The molecular weight excluding hydrogens is 236 g/mol. The molecule has 4 heteroatoms. The van der Waals surface area contributed by atoms with Crippen LogP contribution in [-0.4, -0.2) is 32.0 Å². The van der Waals surface area contributed by atoms with Crippen molar-refractivity contribution in [1.82, 2.24) is 10.6 Å². The van der Waals surface area contributed by atoms with Crippen LogP contribution in [0.3, 0.4) is 0 Å². The third-order valence-corrected chi connectivity index (χ3v) is 3.80. The predicted molar refractivity (Wildman–Crippen MR) is 73.6 cm³/mol. The lowest BCUT2D eigenvalue weighted by Crippen LogP contribution is -2.57. The van der Waals surface area contributed by atoms with Crippen molar-refractivity contribution in [3.63, 3.8) is 0 Å². The second-order valence-corrected chi connectivity index (χ2v) is 6.45. The van der Waals surface area contributed by atoms with E-state index in [-0.39, 0.29) is 23.5 Å². The van der Waals surface area contributed by atoms with Crippen LogP contribution in [0, 0.1) is 11.3 Å². The lowest BCUT2D eigenvalue weighted by atomic mass is 9.87. The first-order valence-electron chi connectivity index (χ1n) is 6.59. The SMILES string of the molecule is CC1(C)CNC(C)(CC2CCCNC2)OC1.Cl. The topological polar surface area (TPSA) is 33.3 Å². The summed E-state index contributed by atoms with van der Waals surface area (Å²) in [5.74, 6) is 0.771. The Bertz CT molecular complexity index is 230. The summed E-state index contributed by atoms with van der Waals surface area (Å²) in [5.41, 5.74) is 0.184. The first-order chi connectivity index (χ1) is 7.49. The molecule has 2 saturated heterocycles. The van der Waals surface area contributed by atoms with Gasteiger partial charge in [0.2, 0.25) is 0 Å². The summed E-state index contributed by atoms with van der Waals surface area (Å²) in [6, 6.07) is 0. The molecule has 0 spiro atoms. The number of ether oxygens (including phenoxy) is 1. The van der Waals surface area contributed by atoms with Crippen molar-refractivity contribution in [3.8, 4) is 0 Å². The predicted octanol–water partition coefficient (Wildman–Crippen LogP) is 2.16. The highest BCUT2D eigenvalue weighted by atomic mass is 35.5. The number of halogens is 1. The van der Waals surface area contributed by atoms with Crippen LogP contribution in [0.5, 0.6) is 0 Å². The van der Waals surface area contributed by atoms with Gasteiger partial charge >= 0.3 is 0 Å². The fraction of sp³-hybridized carbons (Fsp3) is 1.00. The third-order valence-electron chi connectivity index (χ3n) is 3.80. The molecule has 102 valence electrons. The first-order valence-corrected chi connectivity index (χ1v) is 6.59. The van der Waals surface area contributed by atoms with E-state index >= 15 is 0 Å². The molecule has 2 heterocycles. The van der Waals surface area contributed by atoms with E-state index in [2.05, 4.69) is 31.4 Å². The third kappa shape index (κ3) is 4.40. The van der Waals surface area contributed by atoms with Gasteiger partial charge in [0.15, 0.2) is 0 Å². The van der Waals surface area contributed by atoms with Crippen LogP contribution >= 0.6 is 12.4 Å². The molecule has 2 fully saturated rings. The summed E-state index contributed by atoms with van der Waals surface area (Å²) in [6.07, 6.45) is 3.79. The molecule has 2 atom stereocenters. The molecule has 17 heavy (non-hydrogen) atoms. The molecule has 0 bridgehead atoms.